The van der Waals surface area contributed by atoms with Crippen molar-refractivity contribution < 1.29 is 41.5 Å². The number of carbonyl (C=O) groups is 1. The Morgan fingerprint density at radius 1 is 0.667 bits per heavy atom. The van der Waals surface area contributed by atoms with Crippen molar-refractivity contribution in [3.8, 4) is 34.3 Å². The first kappa shape index (κ1) is 61.5. The van der Waals surface area contributed by atoms with E-state index >= 15 is 0 Å². The van der Waals surface area contributed by atoms with Crippen molar-refractivity contribution >= 4 is 56.0 Å². The van der Waals surface area contributed by atoms with Crippen molar-refractivity contribution in [1.82, 2.24) is 47.6 Å². The van der Waals surface area contributed by atoms with Crippen molar-refractivity contribution in [3.63, 3.8) is 0 Å². The molecular weight excluding hydrogens is 1030 g/mol. The van der Waals surface area contributed by atoms with Crippen LogP contribution in [0.25, 0.3) is 33.8 Å². The van der Waals surface area contributed by atoms with Gasteiger partial charge in [0.05, 0.1) is 51.7 Å². The first-order valence-corrected chi connectivity index (χ1v) is 26.9. The molecule has 2 aromatic carbocycles. The molecule has 0 amide bonds. The number of nitrogens with one attached hydrogen (secondary N) is 2. The highest BCUT2D eigenvalue weighted by Gasteiger charge is 2.31. The summed E-state index contributed by atoms with van der Waals surface area (Å²) in [5.74, 6) is 4.68. The normalized spacial score (nSPS) is 14.9. The number of ether oxygens (including phenoxy) is 2. The third-order valence-corrected chi connectivity index (χ3v) is 16.6. The Bertz CT molecular complexity index is 3320. The lowest BCUT2D eigenvalue weighted by molar-refractivity contribution is 0.112. The molecule has 8 rings (SSSR count). The summed E-state index contributed by atoms with van der Waals surface area (Å²) in [7, 11) is -3.57. The number of sulfonamides is 2. The Labute approximate surface area is 443 Å². The maximum Gasteiger partial charge on any atom is 0.275 e. The highest BCUT2D eigenvalue weighted by Crippen LogP contribution is 2.34. The van der Waals surface area contributed by atoms with Gasteiger partial charge in [0.2, 0.25) is 20.0 Å². The lowest BCUT2D eigenvalue weighted by Crippen LogP contribution is -2.47. The largest absolute Gasteiger partial charge is 0.493 e. The van der Waals surface area contributed by atoms with E-state index in [4.69, 9.17) is 25.0 Å². The standard InChI is InChI=1S/C24H32N6O5S.C24H31N5O5S.CH4.ClH.H3NO/c1-5-7-20-19(15-25-32)16(3)22-24(31)26-23(27-30(20)22)18-14-17(8-9-21(18)35-6-2)36(33,34)29-12-10-28(4)11-13-29;1-5-7-20-19(15-30)16(3)22-24(31)25-23(26-29(20)22)18-14-17(8-9-21(18)34-6-2)35(32,33)28-12-10-27(4)11-13-28;;;1-2/h8-9,14-15,32H,5-7,10-13H2,1-4H3,(H,26,27,31);8-9,14-15H,5-7,10-13H2,1-4H3,(H,25,26,31);1H4;1H;2H,1H2/b25-15+;;;;. The molecule has 0 aliphatic carbocycles. The van der Waals surface area contributed by atoms with E-state index in [1.54, 1.807) is 30.5 Å². The molecule has 23 nitrogen and oxygen atoms in total. The van der Waals surface area contributed by atoms with Gasteiger partial charge in [-0.15, -0.1) is 22.6 Å². The van der Waals surface area contributed by atoms with Gasteiger partial charge in [-0.3, -0.25) is 14.4 Å². The summed E-state index contributed by atoms with van der Waals surface area (Å²) in [4.78, 5) is 48.1. The summed E-state index contributed by atoms with van der Waals surface area (Å²) in [5.41, 5.74) is 4.28. The molecule has 6 N–H and O–H groups in total. The van der Waals surface area contributed by atoms with E-state index in [2.05, 4.69) is 35.9 Å². The van der Waals surface area contributed by atoms with Gasteiger partial charge in [-0.05, 0) is 102 Å². The van der Waals surface area contributed by atoms with E-state index in [0.717, 1.165) is 24.8 Å². The molecular formula is C49H71ClN12O11S2. The lowest BCUT2D eigenvalue weighted by Gasteiger charge is -2.31. The highest BCUT2D eigenvalue weighted by molar-refractivity contribution is 7.89. The number of halogens is 1. The number of oxime groups is 1. The van der Waals surface area contributed by atoms with E-state index in [0.29, 0.717) is 140 Å². The first-order valence-electron chi connectivity index (χ1n) is 24.0. The quantitative estimate of drug-likeness (QED) is 0.0383. The number of carbonyl (C=O) groups excluding carboxylic acids is 1. The molecule has 0 atom stereocenters. The topological polar surface area (TPSA) is 296 Å². The number of piperazine rings is 2. The number of benzene rings is 2. The molecule has 0 saturated carbocycles. The third kappa shape index (κ3) is 12.6. The maximum atomic E-state index is 13.4. The van der Waals surface area contributed by atoms with Gasteiger partial charge in [0.1, 0.15) is 22.5 Å². The number of H-pyrrole nitrogens is 2. The van der Waals surface area contributed by atoms with Crippen LogP contribution in [0, 0.1) is 13.8 Å². The van der Waals surface area contributed by atoms with Gasteiger partial charge in [0.15, 0.2) is 17.9 Å². The third-order valence-electron chi connectivity index (χ3n) is 12.9. The van der Waals surface area contributed by atoms with E-state index in [9.17, 15) is 31.2 Å². The second-order valence-corrected chi connectivity index (χ2v) is 21.4. The number of rotatable bonds is 16. The second-order valence-electron chi connectivity index (χ2n) is 17.6. The van der Waals surface area contributed by atoms with Crippen LogP contribution in [0.5, 0.6) is 11.5 Å². The molecule has 0 unspecified atom stereocenters. The van der Waals surface area contributed by atoms with Crippen molar-refractivity contribution in [2.24, 2.45) is 11.1 Å². The molecule has 4 aromatic heterocycles. The monoisotopic (exact) mass is 1100 g/mol. The number of likely N-dealkylation sites (N-methyl/N-ethyl adjacent to an activating group) is 2. The number of nitrogens with zero attached hydrogens (tertiary/aromatic N) is 9. The van der Waals surface area contributed by atoms with Gasteiger partial charge in [-0.2, -0.15) is 8.61 Å². The summed E-state index contributed by atoms with van der Waals surface area (Å²) in [5, 5.41) is 28.2. The zero-order valence-corrected chi connectivity index (χ0v) is 45.4. The molecule has 6 heterocycles. The number of aromatic nitrogens is 6. The molecule has 412 valence electrons. The summed E-state index contributed by atoms with van der Waals surface area (Å²) in [6, 6.07) is 9.25. The fourth-order valence-electron chi connectivity index (χ4n) is 9.05. The van der Waals surface area contributed by atoms with Crippen molar-refractivity contribution in [2.75, 3.05) is 79.7 Å². The molecule has 0 radical (unpaired) electrons. The number of aldehydes is 1. The summed E-state index contributed by atoms with van der Waals surface area (Å²) in [6.07, 6.45) is 4.77. The average molecular weight is 1100 g/mol. The van der Waals surface area contributed by atoms with Gasteiger partial charge in [-0.1, -0.05) is 39.3 Å². The van der Waals surface area contributed by atoms with Gasteiger partial charge in [0, 0.05) is 63.5 Å². The first-order chi connectivity index (χ1) is 34.9. The van der Waals surface area contributed by atoms with Crippen molar-refractivity contribution in [1.29, 1.82) is 0 Å². The van der Waals surface area contributed by atoms with Crippen molar-refractivity contribution in [2.45, 2.75) is 84.4 Å². The van der Waals surface area contributed by atoms with Crippen LogP contribution < -0.4 is 26.5 Å². The van der Waals surface area contributed by atoms with Gasteiger partial charge >= 0.3 is 0 Å². The molecule has 0 bridgehead atoms. The SMILES string of the molecule is C.CCCc1c(/C=N/O)c(C)c2c(=O)[nH]c(-c3cc(S(=O)(=O)N4CCN(C)CC4)ccc3OCC)nn12.CCCc1c(C=O)c(C)c2c(=O)[nH]c(-c3cc(S(=O)(=O)N4CCN(C)CC4)ccc3OCC)nn12.Cl.NO. The predicted molar refractivity (Wildman–Crippen MR) is 290 cm³/mol. The Morgan fingerprint density at radius 3 is 1.39 bits per heavy atom. The van der Waals surface area contributed by atoms with Crippen LogP contribution in [0.1, 0.15) is 86.4 Å². The molecule has 26 heteroatoms. The van der Waals surface area contributed by atoms with Crippen LogP contribution >= 0.6 is 12.4 Å². The smallest absolute Gasteiger partial charge is 0.275 e. The number of aromatic amines is 2. The minimum Gasteiger partial charge on any atom is -0.493 e. The molecule has 75 heavy (non-hydrogen) atoms. The minimum atomic E-state index is -3.75. The zero-order valence-electron chi connectivity index (χ0n) is 42.9. The molecule has 2 aliphatic heterocycles. The Hall–Kier alpha value is -6.03. The number of aryl methyl sites for hydroxylation is 4. The zero-order chi connectivity index (χ0) is 53.4. The molecule has 2 saturated heterocycles. The summed E-state index contributed by atoms with van der Waals surface area (Å²) >= 11 is 0. The summed E-state index contributed by atoms with van der Waals surface area (Å²) < 4.78 is 71.1. The van der Waals surface area contributed by atoms with Crippen LogP contribution in [0.4, 0.5) is 0 Å². The van der Waals surface area contributed by atoms with Gasteiger partial charge in [-0.25, -0.2) is 31.8 Å². The van der Waals surface area contributed by atoms with Crippen LogP contribution in [-0.2, 0) is 32.9 Å². The number of nitrogens with two attached hydrogens (primary N) is 1. The van der Waals surface area contributed by atoms with Gasteiger partial charge < -0.3 is 39.7 Å². The number of hydrogen-bond acceptors (Lipinski definition) is 17. The molecule has 2 fully saturated rings. The minimum absolute atomic E-state index is 0. The lowest BCUT2D eigenvalue weighted by atomic mass is 10.1. The Morgan fingerprint density at radius 2 is 1.04 bits per heavy atom. The van der Waals surface area contributed by atoms with Crippen molar-refractivity contribution in [3.05, 3.63) is 90.7 Å². The van der Waals surface area contributed by atoms with E-state index in [1.807, 2.05) is 41.8 Å². The Kier molecular flexibility index (Phi) is 21.9. The average Bonchev–Trinajstić information content (AvgIpc) is 3.80. The fraction of sp³-hybridized carbons (Fsp3) is 0.469. The summed E-state index contributed by atoms with van der Waals surface area (Å²) in [6.45, 7) is 16.1. The molecule has 2 aliphatic rings. The number of hydrogen-bond donors (Lipinski definition) is 5. The molecule has 0 spiro atoms. The van der Waals surface area contributed by atoms with Crippen LogP contribution in [0.15, 0.2) is 60.9 Å². The van der Waals surface area contributed by atoms with Gasteiger partial charge in [0.25, 0.3) is 11.1 Å². The van der Waals surface area contributed by atoms with Crippen LogP contribution in [0.3, 0.4) is 0 Å². The molecule has 6 aromatic rings. The second kappa shape index (κ2) is 26.6. The van der Waals surface area contributed by atoms with E-state index < -0.39 is 25.6 Å². The van der Waals surface area contributed by atoms with E-state index in [1.165, 1.54) is 43.6 Å². The fourth-order valence-corrected chi connectivity index (χ4v) is 11.9. The van der Waals surface area contributed by atoms with Crippen LogP contribution in [-0.4, -0.2) is 167 Å². The number of fused-ring (bicyclic) bond motifs is 2. The Balaban J connectivity index is 0.000000306. The maximum absolute atomic E-state index is 13.4. The predicted octanol–water partition coefficient (Wildman–Crippen LogP) is 4.58. The van der Waals surface area contributed by atoms with Crippen LogP contribution in [0.2, 0.25) is 0 Å². The highest BCUT2D eigenvalue weighted by atomic mass is 35.5. The van der Waals surface area contributed by atoms with E-state index in [-0.39, 0.29) is 46.8 Å².